The summed E-state index contributed by atoms with van der Waals surface area (Å²) in [5, 5.41) is 0. The Morgan fingerprint density at radius 3 is 2.78 bits per heavy atom. The van der Waals surface area contributed by atoms with Gasteiger partial charge in [-0.2, -0.15) is 0 Å². The number of ether oxygens (including phenoxy) is 1. The van der Waals surface area contributed by atoms with E-state index in [9.17, 15) is 4.79 Å². The first kappa shape index (κ1) is 13.1. The Kier molecular flexibility index (Phi) is 3.74. The minimum absolute atomic E-state index is 0.229. The first-order valence-corrected chi connectivity index (χ1v) is 6.73. The fraction of sp³-hybridized carbons (Fsp3) is 0.562. The van der Waals surface area contributed by atoms with E-state index in [1.165, 1.54) is 0 Å². The van der Waals surface area contributed by atoms with Crippen molar-refractivity contribution in [3.63, 3.8) is 0 Å². The number of para-hydroxylation sites is 1. The molecule has 0 aliphatic heterocycles. The van der Waals surface area contributed by atoms with Crippen LogP contribution in [0.1, 0.15) is 38.7 Å². The van der Waals surface area contributed by atoms with Crippen LogP contribution in [0.5, 0.6) is 5.75 Å². The van der Waals surface area contributed by atoms with Gasteiger partial charge >= 0.3 is 0 Å². The van der Waals surface area contributed by atoms with Gasteiger partial charge in [0.25, 0.3) is 0 Å². The molecular weight excluding hydrogens is 224 g/mol. The number of carbonyl (C=O) groups is 1. The van der Waals surface area contributed by atoms with Crippen molar-refractivity contribution in [3.8, 4) is 5.75 Å². The fourth-order valence-corrected chi connectivity index (χ4v) is 2.97. The molecule has 98 valence electrons. The Balaban J connectivity index is 2.28. The van der Waals surface area contributed by atoms with E-state index >= 15 is 0 Å². The van der Waals surface area contributed by atoms with E-state index in [2.05, 4.69) is 19.9 Å². The standard InChI is InChI=1S/C16H22O2/c1-12-7-6-10-15(17)16(12,2)11-13-8-4-5-9-14(13)18-3/h4-5,8-9,12H,6-7,10-11H2,1-3H3/t12-,16+/m0/s1. The molecule has 0 radical (unpaired) electrons. The van der Waals surface area contributed by atoms with Crippen LogP contribution >= 0.6 is 0 Å². The lowest BCUT2D eigenvalue weighted by Gasteiger charge is -2.38. The van der Waals surface area contributed by atoms with E-state index in [4.69, 9.17) is 4.74 Å². The summed E-state index contributed by atoms with van der Waals surface area (Å²) in [4.78, 5) is 12.3. The van der Waals surface area contributed by atoms with E-state index in [0.717, 1.165) is 37.0 Å². The Morgan fingerprint density at radius 1 is 1.39 bits per heavy atom. The van der Waals surface area contributed by atoms with Gasteiger partial charge in [0.15, 0.2) is 0 Å². The lowest BCUT2D eigenvalue weighted by molar-refractivity contribution is -0.133. The van der Waals surface area contributed by atoms with Crippen molar-refractivity contribution in [1.29, 1.82) is 0 Å². The van der Waals surface area contributed by atoms with E-state index in [1.807, 2.05) is 18.2 Å². The van der Waals surface area contributed by atoms with Crippen molar-refractivity contribution in [1.82, 2.24) is 0 Å². The number of hydrogen-bond acceptors (Lipinski definition) is 2. The monoisotopic (exact) mass is 246 g/mol. The summed E-state index contributed by atoms with van der Waals surface area (Å²) in [6, 6.07) is 8.02. The van der Waals surface area contributed by atoms with Crippen LogP contribution in [0.15, 0.2) is 24.3 Å². The van der Waals surface area contributed by atoms with Gasteiger partial charge in [0.1, 0.15) is 11.5 Å². The molecule has 0 aromatic heterocycles. The quantitative estimate of drug-likeness (QED) is 0.814. The minimum Gasteiger partial charge on any atom is -0.496 e. The third-order valence-electron chi connectivity index (χ3n) is 4.52. The zero-order chi connectivity index (χ0) is 13.2. The van der Waals surface area contributed by atoms with Crippen molar-refractivity contribution in [2.24, 2.45) is 11.3 Å². The predicted molar refractivity (Wildman–Crippen MR) is 72.8 cm³/mol. The molecule has 0 bridgehead atoms. The van der Waals surface area contributed by atoms with Gasteiger partial charge in [-0.3, -0.25) is 4.79 Å². The molecule has 1 aliphatic carbocycles. The Bertz CT molecular complexity index is 438. The molecular formula is C16H22O2. The molecule has 0 heterocycles. The lowest BCUT2D eigenvalue weighted by atomic mass is 9.64. The van der Waals surface area contributed by atoms with E-state index in [-0.39, 0.29) is 5.41 Å². The first-order chi connectivity index (χ1) is 8.58. The summed E-state index contributed by atoms with van der Waals surface area (Å²) in [6.45, 7) is 4.32. The zero-order valence-electron chi connectivity index (χ0n) is 11.5. The zero-order valence-corrected chi connectivity index (χ0v) is 11.5. The molecule has 1 fully saturated rings. The maximum atomic E-state index is 12.3. The molecule has 2 nitrogen and oxygen atoms in total. The van der Waals surface area contributed by atoms with Gasteiger partial charge in [0.2, 0.25) is 0 Å². The number of hydrogen-bond donors (Lipinski definition) is 0. The second-order valence-electron chi connectivity index (χ2n) is 5.62. The number of methoxy groups -OCH3 is 1. The number of rotatable bonds is 3. The van der Waals surface area contributed by atoms with Crippen LogP contribution in [0.4, 0.5) is 0 Å². The molecule has 1 aromatic carbocycles. The minimum atomic E-state index is -0.229. The third-order valence-corrected chi connectivity index (χ3v) is 4.52. The maximum Gasteiger partial charge on any atom is 0.139 e. The molecule has 0 unspecified atom stereocenters. The van der Waals surface area contributed by atoms with Crippen molar-refractivity contribution >= 4 is 5.78 Å². The van der Waals surface area contributed by atoms with Crippen LogP contribution in [-0.4, -0.2) is 12.9 Å². The van der Waals surface area contributed by atoms with Crippen molar-refractivity contribution < 1.29 is 9.53 Å². The molecule has 2 heteroatoms. The number of Topliss-reactive ketones (excluding diaryl/α,β-unsaturated/α-hetero) is 1. The highest BCUT2D eigenvalue weighted by Gasteiger charge is 2.41. The highest BCUT2D eigenvalue weighted by molar-refractivity contribution is 5.85. The molecule has 1 aromatic rings. The average molecular weight is 246 g/mol. The summed E-state index contributed by atoms with van der Waals surface area (Å²) in [5.74, 6) is 1.75. The van der Waals surface area contributed by atoms with Crippen molar-refractivity contribution in [3.05, 3.63) is 29.8 Å². The summed E-state index contributed by atoms with van der Waals surface area (Å²) in [5.41, 5.74) is 0.914. The fourth-order valence-electron chi connectivity index (χ4n) is 2.97. The van der Waals surface area contributed by atoms with Crippen LogP contribution in [0.25, 0.3) is 0 Å². The number of benzene rings is 1. The van der Waals surface area contributed by atoms with Crippen LogP contribution < -0.4 is 4.74 Å². The summed E-state index contributed by atoms with van der Waals surface area (Å²) >= 11 is 0. The summed E-state index contributed by atoms with van der Waals surface area (Å²) in [6.07, 6.45) is 3.71. The smallest absolute Gasteiger partial charge is 0.139 e. The van der Waals surface area contributed by atoms with E-state index in [0.29, 0.717) is 11.7 Å². The van der Waals surface area contributed by atoms with Crippen molar-refractivity contribution in [2.45, 2.75) is 39.5 Å². The van der Waals surface area contributed by atoms with Gasteiger partial charge in [0.05, 0.1) is 7.11 Å². The summed E-state index contributed by atoms with van der Waals surface area (Å²) in [7, 11) is 1.69. The third kappa shape index (κ3) is 2.29. The van der Waals surface area contributed by atoms with Gasteiger partial charge < -0.3 is 4.74 Å². The second-order valence-corrected chi connectivity index (χ2v) is 5.62. The Morgan fingerprint density at radius 2 is 2.11 bits per heavy atom. The van der Waals surface area contributed by atoms with Crippen molar-refractivity contribution in [2.75, 3.05) is 7.11 Å². The van der Waals surface area contributed by atoms with Gasteiger partial charge in [0, 0.05) is 11.8 Å². The van der Waals surface area contributed by atoms with E-state index < -0.39 is 0 Å². The average Bonchev–Trinajstić information content (AvgIpc) is 2.37. The Labute approximate surface area is 109 Å². The first-order valence-electron chi connectivity index (χ1n) is 6.73. The van der Waals surface area contributed by atoms with Gasteiger partial charge in [-0.25, -0.2) is 0 Å². The highest BCUT2D eigenvalue weighted by atomic mass is 16.5. The van der Waals surface area contributed by atoms with Gasteiger partial charge in [-0.1, -0.05) is 32.0 Å². The molecule has 0 amide bonds. The molecule has 0 saturated heterocycles. The SMILES string of the molecule is COc1ccccc1C[C@@]1(C)C(=O)CCC[C@@H]1C. The van der Waals surface area contributed by atoms with Gasteiger partial charge in [-0.05, 0) is 36.8 Å². The van der Waals surface area contributed by atoms with Crippen LogP contribution in [0.2, 0.25) is 0 Å². The molecule has 1 saturated carbocycles. The highest BCUT2D eigenvalue weighted by Crippen LogP contribution is 2.42. The lowest BCUT2D eigenvalue weighted by Crippen LogP contribution is -2.40. The molecule has 0 N–H and O–H groups in total. The maximum absolute atomic E-state index is 12.3. The Hall–Kier alpha value is -1.31. The number of carbonyl (C=O) groups excluding carboxylic acids is 1. The second kappa shape index (κ2) is 5.13. The molecule has 0 spiro atoms. The van der Waals surface area contributed by atoms with Crippen LogP contribution in [0.3, 0.4) is 0 Å². The topological polar surface area (TPSA) is 26.3 Å². The molecule has 2 atom stereocenters. The van der Waals surface area contributed by atoms with E-state index in [1.54, 1.807) is 7.11 Å². The van der Waals surface area contributed by atoms with Gasteiger partial charge in [-0.15, -0.1) is 0 Å². The molecule has 1 aliphatic rings. The largest absolute Gasteiger partial charge is 0.496 e. The van der Waals surface area contributed by atoms with Crippen LogP contribution in [-0.2, 0) is 11.2 Å². The predicted octanol–water partition coefficient (Wildman–Crippen LogP) is 3.63. The molecule has 18 heavy (non-hydrogen) atoms. The summed E-state index contributed by atoms with van der Waals surface area (Å²) < 4.78 is 5.39. The molecule has 2 rings (SSSR count). The number of ketones is 1. The normalized spacial score (nSPS) is 28.2. The van der Waals surface area contributed by atoms with Crippen LogP contribution in [0, 0.1) is 11.3 Å².